The smallest absolute Gasteiger partial charge is 0.0666 e. The molecule has 4 heteroatoms. The van der Waals surface area contributed by atoms with E-state index in [0.29, 0.717) is 6.04 Å². The van der Waals surface area contributed by atoms with Crippen LogP contribution in [0.1, 0.15) is 44.4 Å². The Morgan fingerprint density at radius 1 is 1.61 bits per heavy atom. The molecule has 0 radical (unpaired) electrons. The van der Waals surface area contributed by atoms with Crippen LogP contribution in [0.4, 0.5) is 0 Å². The number of aryl methyl sites for hydroxylation is 2. The van der Waals surface area contributed by atoms with E-state index in [4.69, 9.17) is 4.74 Å². The van der Waals surface area contributed by atoms with E-state index >= 15 is 0 Å². The second kappa shape index (κ2) is 5.41. The summed E-state index contributed by atoms with van der Waals surface area (Å²) in [6.45, 7) is 8.26. The second-order valence-electron chi connectivity index (χ2n) is 5.64. The molecule has 0 amide bonds. The van der Waals surface area contributed by atoms with Crippen LogP contribution < -0.4 is 5.32 Å². The maximum Gasteiger partial charge on any atom is 0.0666 e. The van der Waals surface area contributed by atoms with Crippen LogP contribution in [0.2, 0.25) is 0 Å². The first kappa shape index (κ1) is 13.6. The molecule has 0 saturated carbocycles. The molecule has 18 heavy (non-hydrogen) atoms. The summed E-state index contributed by atoms with van der Waals surface area (Å²) in [4.78, 5) is 0. The largest absolute Gasteiger partial charge is 0.375 e. The van der Waals surface area contributed by atoms with Gasteiger partial charge in [0.1, 0.15) is 0 Å². The minimum Gasteiger partial charge on any atom is -0.375 e. The molecule has 0 spiro atoms. The first-order chi connectivity index (χ1) is 8.52. The van der Waals surface area contributed by atoms with E-state index in [1.54, 1.807) is 0 Å². The van der Waals surface area contributed by atoms with Gasteiger partial charge in [0.25, 0.3) is 0 Å². The van der Waals surface area contributed by atoms with E-state index in [-0.39, 0.29) is 5.60 Å². The van der Waals surface area contributed by atoms with Crippen LogP contribution in [0, 0.1) is 6.92 Å². The molecule has 102 valence electrons. The van der Waals surface area contributed by atoms with Gasteiger partial charge in [-0.1, -0.05) is 6.92 Å². The molecule has 2 atom stereocenters. The van der Waals surface area contributed by atoms with Crippen molar-refractivity contribution in [2.24, 2.45) is 7.05 Å². The average molecular weight is 251 g/mol. The van der Waals surface area contributed by atoms with Gasteiger partial charge in [0, 0.05) is 38.0 Å². The maximum atomic E-state index is 5.87. The molecule has 1 aliphatic rings. The van der Waals surface area contributed by atoms with Gasteiger partial charge in [0.15, 0.2) is 0 Å². The number of aromatic nitrogens is 2. The van der Waals surface area contributed by atoms with Gasteiger partial charge in [-0.2, -0.15) is 5.10 Å². The minimum absolute atomic E-state index is 0.0555. The van der Waals surface area contributed by atoms with E-state index in [2.05, 4.69) is 37.4 Å². The molecule has 0 aromatic carbocycles. The zero-order chi connectivity index (χ0) is 13.2. The van der Waals surface area contributed by atoms with Crippen LogP contribution >= 0.6 is 0 Å². The number of ether oxygens (including phenoxy) is 1. The lowest BCUT2D eigenvalue weighted by Gasteiger charge is -2.38. The van der Waals surface area contributed by atoms with Gasteiger partial charge in [-0.05, 0) is 33.1 Å². The van der Waals surface area contributed by atoms with E-state index in [9.17, 15) is 0 Å². The molecule has 2 rings (SSSR count). The van der Waals surface area contributed by atoms with Crippen molar-refractivity contribution in [3.8, 4) is 0 Å². The quantitative estimate of drug-likeness (QED) is 0.891. The van der Waals surface area contributed by atoms with Crippen LogP contribution in [0.25, 0.3) is 0 Å². The molecule has 1 saturated heterocycles. The number of hydrogen-bond acceptors (Lipinski definition) is 3. The number of rotatable bonds is 4. The van der Waals surface area contributed by atoms with Gasteiger partial charge in [-0.25, -0.2) is 0 Å². The Labute approximate surface area is 110 Å². The predicted octanol–water partition coefficient (Wildman–Crippen LogP) is 2.17. The Morgan fingerprint density at radius 2 is 2.39 bits per heavy atom. The Morgan fingerprint density at radius 3 is 3.00 bits per heavy atom. The molecular weight excluding hydrogens is 226 g/mol. The average Bonchev–Trinajstić information content (AvgIpc) is 2.65. The Kier molecular flexibility index (Phi) is 4.07. The summed E-state index contributed by atoms with van der Waals surface area (Å²) in [5.74, 6) is 0. The van der Waals surface area contributed by atoms with Gasteiger partial charge in [0.05, 0.1) is 11.3 Å². The first-order valence-corrected chi connectivity index (χ1v) is 6.89. The van der Waals surface area contributed by atoms with Gasteiger partial charge in [0.2, 0.25) is 0 Å². The van der Waals surface area contributed by atoms with Gasteiger partial charge >= 0.3 is 0 Å². The zero-order valence-electron chi connectivity index (χ0n) is 12.0. The zero-order valence-corrected chi connectivity index (χ0v) is 12.0. The molecule has 1 fully saturated rings. The molecule has 4 nitrogen and oxygen atoms in total. The highest BCUT2D eigenvalue weighted by Crippen LogP contribution is 2.27. The van der Waals surface area contributed by atoms with Crippen molar-refractivity contribution < 1.29 is 4.74 Å². The summed E-state index contributed by atoms with van der Waals surface area (Å²) in [7, 11) is 1.97. The molecule has 1 N–H and O–H groups in total. The van der Waals surface area contributed by atoms with E-state index in [0.717, 1.165) is 38.1 Å². The summed E-state index contributed by atoms with van der Waals surface area (Å²) in [5.41, 5.74) is 2.47. The highest BCUT2D eigenvalue weighted by Gasteiger charge is 2.31. The monoisotopic (exact) mass is 251 g/mol. The SMILES string of the molecule is CCC1(C)CC(NCc2cn(C)nc2C)CCO1. The first-order valence-electron chi connectivity index (χ1n) is 6.89. The lowest BCUT2D eigenvalue weighted by atomic mass is 9.90. The van der Waals surface area contributed by atoms with Gasteiger partial charge < -0.3 is 10.1 Å². The fourth-order valence-electron chi connectivity index (χ4n) is 2.63. The van der Waals surface area contributed by atoms with Gasteiger partial charge in [-0.15, -0.1) is 0 Å². The molecule has 0 bridgehead atoms. The van der Waals surface area contributed by atoms with Crippen molar-refractivity contribution in [3.63, 3.8) is 0 Å². The van der Waals surface area contributed by atoms with Crippen LogP contribution in [0.5, 0.6) is 0 Å². The minimum atomic E-state index is 0.0555. The topological polar surface area (TPSA) is 39.1 Å². The molecule has 1 aliphatic heterocycles. The third-order valence-electron chi connectivity index (χ3n) is 4.04. The fraction of sp³-hybridized carbons (Fsp3) is 0.786. The fourth-order valence-corrected chi connectivity index (χ4v) is 2.63. The van der Waals surface area contributed by atoms with Crippen LogP contribution in [-0.2, 0) is 18.3 Å². The summed E-state index contributed by atoms with van der Waals surface area (Å²) in [6.07, 6.45) is 5.38. The van der Waals surface area contributed by atoms with Crippen molar-refractivity contribution in [1.82, 2.24) is 15.1 Å². The standard InChI is InChI=1S/C14H25N3O/c1-5-14(3)8-13(6-7-18-14)15-9-12-10-17(4)16-11(12)2/h10,13,15H,5-9H2,1-4H3. The predicted molar refractivity (Wildman–Crippen MR) is 72.5 cm³/mol. The summed E-state index contributed by atoms with van der Waals surface area (Å²) in [5, 5.41) is 8.02. The Hall–Kier alpha value is -0.870. The van der Waals surface area contributed by atoms with Gasteiger partial charge in [-0.3, -0.25) is 4.68 Å². The maximum absolute atomic E-state index is 5.87. The highest BCUT2D eigenvalue weighted by atomic mass is 16.5. The lowest BCUT2D eigenvalue weighted by molar-refractivity contribution is -0.0781. The Balaban J connectivity index is 1.88. The molecule has 1 aromatic rings. The Bertz CT molecular complexity index is 402. The molecule has 0 aliphatic carbocycles. The number of nitrogens with zero attached hydrogens (tertiary/aromatic N) is 2. The summed E-state index contributed by atoms with van der Waals surface area (Å²) < 4.78 is 7.75. The second-order valence-corrected chi connectivity index (χ2v) is 5.64. The third kappa shape index (κ3) is 3.12. The number of hydrogen-bond donors (Lipinski definition) is 1. The van der Waals surface area contributed by atoms with Crippen molar-refractivity contribution in [3.05, 3.63) is 17.5 Å². The normalized spacial score (nSPS) is 28.6. The summed E-state index contributed by atoms with van der Waals surface area (Å²) >= 11 is 0. The van der Waals surface area contributed by atoms with E-state index in [1.807, 2.05) is 11.7 Å². The molecule has 2 unspecified atom stereocenters. The van der Waals surface area contributed by atoms with Crippen LogP contribution in [-0.4, -0.2) is 28.0 Å². The highest BCUT2D eigenvalue weighted by molar-refractivity contribution is 5.15. The van der Waals surface area contributed by atoms with Crippen molar-refractivity contribution in [2.45, 2.75) is 58.2 Å². The van der Waals surface area contributed by atoms with Crippen molar-refractivity contribution in [2.75, 3.05) is 6.61 Å². The molecular formula is C14H25N3O. The van der Waals surface area contributed by atoms with Crippen LogP contribution in [0.15, 0.2) is 6.20 Å². The third-order valence-corrected chi connectivity index (χ3v) is 4.04. The van der Waals surface area contributed by atoms with E-state index in [1.165, 1.54) is 5.56 Å². The summed E-state index contributed by atoms with van der Waals surface area (Å²) in [6, 6.07) is 0.559. The van der Waals surface area contributed by atoms with Crippen LogP contribution in [0.3, 0.4) is 0 Å². The van der Waals surface area contributed by atoms with Crippen molar-refractivity contribution >= 4 is 0 Å². The van der Waals surface area contributed by atoms with Crippen molar-refractivity contribution in [1.29, 1.82) is 0 Å². The molecule has 2 heterocycles. The van der Waals surface area contributed by atoms with E-state index < -0.39 is 0 Å². The molecule has 1 aromatic heterocycles. The number of nitrogens with one attached hydrogen (secondary N) is 1. The lowest BCUT2D eigenvalue weighted by Crippen LogP contribution is -2.44.